The molecule has 1 atom stereocenters. The van der Waals surface area contributed by atoms with E-state index >= 15 is 0 Å². The normalized spacial score (nSPS) is 18.3. The van der Waals surface area contributed by atoms with Gasteiger partial charge in [0.05, 0.1) is 0 Å². The summed E-state index contributed by atoms with van der Waals surface area (Å²) >= 11 is 0. The van der Waals surface area contributed by atoms with Crippen LogP contribution in [0.5, 0.6) is 0 Å². The van der Waals surface area contributed by atoms with E-state index in [1.54, 1.807) is 41.5 Å². The van der Waals surface area contributed by atoms with Crippen molar-refractivity contribution in [3.8, 4) is 0 Å². The lowest BCUT2D eigenvalue weighted by atomic mass is 10.0. The number of amides is 4. The summed E-state index contributed by atoms with van der Waals surface area (Å²) < 4.78 is 5.12. The molecule has 0 aliphatic carbocycles. The third-order valence-electron chi connectivity index (χ3n) is 3.82. The highest BCUT2D eigenvalue weighted by Gasteiger charge is 2.43. The van der Waals surface area contributed by atoms with Crippen molar-refractivity contribution in [2.75, 3.05) is 7.05 Å². The van der Waals surface area contributed by atoms with Crippen molar-refractivity contribution in [3.63, 3.8) is 0 Å². The number of hydrogen-bond acceptors (Lipinski definition) is 5. The fourth-order valence-electron chi connectivity index (χ4n) is 2.25. The van der Waals surface area contributed by atoms with Gasteiger partial charge in [-0.2, -0.15) is 4.90 Å². The second-order valence-electron chi connectivity index (χ2n) is 7.14. The molecule has 24 heavy (non-hydrogen) atoms. The number of likely N-dealkylation sites (N-methyl/N-ethyl adjacent to an activating group) is 1. The van der Waals surface area contributed by atoms with Crippen molar-refractivity contribution in [1.29, 1.82) is 0 Å². The number of carbonyl (C=O) groups excluding carboxylic acids is 4. The van der Waals surface area contributed by atoms with Gasteiger partial charge in [-0.15, -0.1) is 0 Å². The molecular weight excluding hydrogens is 312 g/mol. The molecule has 4 amide bonds. The van der Waals surface area contributed by atoms with Gasteiger partial charge in [-0.1, -0.05) is 5.57 Å². The molecule has 1 unspecified atom stereocenters. The van der Waals surface area contributed by atoms with Crippen LogP contribution in [0.4, 0.5) is 4.79 Å². The number of rotatable bonds is 2. The highest BCUT2D eigenvalue weighted by molar-refractivity contribution is 6.13. The average molecular weight is 338 g/mol. The molecule has 134 valence electrons. The van der Waals surface area contributed by atoms with Crippen LogP contribution in [-0.2, 0) is 19.1 Å². The minimum atomic E-state index is -0.998. The van der Waals surface area contributed by atoms with E-state index in [-0.39, 0.29) is 18.7 Å². The van der Waals surface area contributed by atoms with Gasteiger partial charge in [0, 0.05) is 19.0 Å². The van der Waals surface area contributed by atoms with Gasteiger partial charge in [0.1, 0.15) is 11.6 Å². The van der Waals surface area contributed by atoms with E-state index < -0.39 is 29.6 Å². The summed E-state index contributed by atoms with van der Waals surface area (Å²) in [7, 11) is 1.50. The molecule has 1 rings (SSSR count). The number of piperidine rings is 1. The first kappa shape index (κ1) is 19.9. The van der Waals surface area contributed by atoms with Gasteiger partial charge in [-0.25, -0.2) is 4.79 Å². The first-order valence-electron chi connectivity index (χ1n) is 7.88. The standard InChI is InChI=1S/C17H26N2O5/c1-10(2)11(3)14(21)18(7)12-8-9-13(20)19(15(12)22)16(23)24-17(4,5)6/h12H,8-9H2,1-7H3. The second kappa shape index (κ2) is 7.15. The topological polar surface area (TPSA) is 84.0 Å². The van der Waals surface area contributed by atoms with Crippen molar-refractivity contribution < 1.29 is 23.9 Å². The van der Waals surface area contributed by atoms with Crippen molar-refractivity contribution in [3.05, 3.63) is 11.1 Å². The van der Waals surface area contributed by atoms with Crippen LogP contribution in [0.3, 0.4) is 0 Å². The zero-order chi connectivity index (χ0) is 18.8. The summed E-state index contributed by atoms with van der Waals surface area (Å²) in [5, 5.41) is 0. The van der Waals surface area contributed by atoms with Gasteiger partial charge in [0.25, 0.3) is 5.91 Å². The van der Waals surface area contributed by atoms with E-state index in [4.69, 9.17) is 4.74 Å². The van der Waals surface area contributed by atoms with Gasteiger partial charge in [0.2, 0.25) is 11.8 Å². The van der Waals surface area contributed by atoms with Gasteiger partial charge in [0.15, 0.2) is 0 Å². The maximum Gasteiger partial charge on any atom is 0.424 e. The molecule has 7 heteroatoms. The molecule has 0 bridgehead atoms. The fourth-order valence-corrected chi connectivity index (χ4v) is 2.25. The number of nitrogens with zero attached hydrogens (tertiary/aromatic N) is 2. The van der Waals surface area contributed by atoms with E-state index in [1.807, 2.05) is 0 Å². The predicted molar refractivity (Wildman–Crippen MR) is 87.9 cm³/mol. The zero-order valence-corrected chi connectivity index (χ0v) is 15.4. The third kappa shape index (κ3) is 4.43. The fraction of sp³-hybridized carbons (Fsp3) is 0.647. The van der Waals surface area contributed by atoms with Gasteiger partial charge >= 0.3 is 6.09 Å². The Bertz CT molecular complexity index is 597. The molecule has 1 heterocycles. The Labute approximate surface area is 142 Å². The van der Waals surface area contributed by atoms with Crippen molar-refractivity contribution in [2.45, 2.75) is 66.0 Å². The highest BCUT2D eigenvalue weighted by Crippen LogP contribution is 2.22. The van der Waals surface area contributed by atoms with Crippen LogP contribution in [-0.4, -0.2) is 52.3 Å². The molecule has 1 aliphatic heterocycles. The summed E-state index contributed by atoms with van der Waals surface area (Å²) in [5.41, 5.74) is 0.548. The number of ether oxygens (including phenoxy) is 1. The molecule has 0 saturated carbocycles. The lowest BCUT2D eigenvalue weighted by Gasteiger charge is -2.35. The van der Waals surface area contributed by atoms with Crippen molar-refractivity contribution >= 4 is 23.8 Å². The molecule has 0 aromatic heterocycles. The van der Waals surface area contributed by atoms with Crippen LogP contribution in [0.2, 0.25) is 0 Å². The Morgan fingerprint density at radius 3 is 2.17 bits per heavy atom. The lowest BCUT2D eigenvalue weighted by molar-refractivity contribution is -0.153. The van der Waals surface area contributed by atoms with Crippen LogP contribution in [0.15, 0.2) is 11.1 Å². The van der Waals surface area contributed by atoms with Crippen LogP contribution >= 0.6 is 0 Å². The molecule has 0 aromatic rings. The number of likely N-dealkylation sites (tertiary alicyclic amines) is 1. The van der Waals surface area contributed by atoms with Gasteiger partial charge in [-0.3, -0.25) is 14.4 Å². The number of carbonyl (C=O) groups is 4. The molecule has 0 aromatic carbocycles. The minimum Gasteiger partial charge on any atom is -0.443 e. The molecule has 1 aliphatic rings. The number of allylic oxidation sites excluding steroid dienone is 1. The van der Waals surface area contributed by atoms with Gasteiger partial charge in [-0.05, 0) is 48.0 Å². The molecular formula is C17H26N2O5. The molecule has 0 spiro atoms. The van der Waals surface area contributed by atoms with Crippen LogP contribution in [0.1, 0.15) is 54.4 Å². The minimum absolute atomic E-state index is 0.00113. The molecule has 0 radical (unpaired) electrons. The first-order valence-corrected chi connectivity index (χ1v) is 7.88. The summed E-state index contributed by atoms with van der Waals surface area (Å²) in [6, 6.07) is -0.864. The molecule has 1 fully saturated rings. The summed E-state index contributed by atoms with van der Waals surface area (Å²) in [4.78, 5) is 51.0. The van der Waals surface area contributed by atoms with Crippen LogP contribution < -0.4 is 0 Å². The zero-order valence-electron chi connectivity index (χ0n) is 15.4. The van der Waals surface area contributed by atoms with Crippen LogP contribution in [0.25, 0.3) is 0 Å². The molecule has 1 saturated heterocycles. The van der Waals surface area contributed by atoms with E-state index in [9.17, 15) is 19.2 Å². The summed E-state index contributed by atoms with van der Waals surface area (Å²) in [6.45, 7) is 10.2. The van der Waals surface area contributed by atoms with Crippen LogP contribution in [0, 0.1) is 0 Å². The quantitative estimate of drug-likeness (QED) is 0.569. The highest BCUT2D eigenvalue weighted by atomic mass is 16.6. The van der Waals surface area contributed by atoms with E-state index in [1.165, 1.54) is 11.9 Å². The Morgan fingerprint density at radius 1 is 1.17 bits per heavy atom. The molecule has 7 nitrogen and oxygen atoms in total. The third-order valence-corrected chi connectivity index (χ3v) is 3.82. The van der Waals surface area contributed by atoms with Crippen molar-refractivity contribution in [1.82, 2.24) is 9.80 Å². The van der Waals surface area contributed by atoms with Crippen molar-refractivity contribution in [2.24, 2.45) is 0 Å². The largest absolute Gasteiger partial charge is 0.443 e. The summed E-state index contributed by atoms with van der Waals surface area (Å²) in [5.74, 6) is -1.63. The first-order chi connectivity index (χ1) is 10.9. The Balaban J connectivity index is 3.03. The Morgan fingerprint density at radius 2 is 1.71 bits per heavy atom. The van der Waals surface area contributed by atoms with Gasteiger partial charge < -0.3 is 9.64 Å². The Kier molecular flexibility index (Phi) is 5.92. The second-order valence-corrected chi connectivity index (χ2v) is 7.14. The summed E-state index contributed by atoms with van der Waals surface area (Å²) in [6.07, 6.45) is -0.807. The van der Waals surface area contributed by atoms with E-state index in [0.717, 1.165) is 5.57 Å². The van der Waals surface area contributed by atoms with E-state index in [0.29, 0.717) is 10.5 Å². The maximum atomic E-state index is 12.6. The Hall–Kier alpha value is -2.18. The predicted octanol–water partition coefficient (Wildman–Crippen LogP) is 2.25. The maximum absolute atomic E-state index is 12.6. The number of hydrogen-bond donors (Lipinski definition) is 0. The average Bonchev–Trinajstić information content (AvgIpc) is 2.43. The molecule has 0 N–H and O–H groups in total. The SMILES string of the molecule is CC(C)=C(C)C(=O)N(C)C1CCC(=O)N(C(=O)OC(C)(C)C)C1=O. The van der Waals surface area contributed by atoms with E-state index in [2.05, 4.69) is 0 Å². The number of imide groups is 3. The smallest absolute Gasteiger partial charge is 0.424 e. The lowest BCUT2D eigenvalue weighted by Crippen LogP contribution is -2.57. The monoisotopic (exact) mass is 338 g/mol.